The van der Waals surface area contributed by atoms with Crippen LogP contribution in [0.4, 0.5) is 10.1 Å². The molecule has 1 aromatic rings. The second-order valence-corrected chi connectivity index (χ2v) is 4.51. The van der Waals surface area contributed by atoms with E-state index in [2.05, 4.69) is 0 Å². The molecule has 1 aromatic carbocycles. The Balaban J connectivity index is 2.18. The minimum atomic E-state index is -0.607. The van der Waals surface area contributed by atoms with Gasteiger partial charge in [0.25, 0.3) is 0 Å². The van der Waals surface area contributed by atoms with E-state index in [0.717, 1.165) is 25.7 Å². The Kier molecular flexibility index (Phi) is 3.31. The van der Waals surface area contributed by atoms with Gasteiger partial charge in [-0.25, -0.2) is 9.18 Å². The lowest BCUT2D eigenvalue weighted by Crippen LogP contribution is -2.16. The number of benzene rings is 1. The molecule has 17 heavy (non-hydrogen) atoms. The average molecular weight is 237 g/mol. The van der Waals surface area contributed by atoms with Gasteiger partial charge in [-0.1, -0.05) is 0 Å². The largest absolute Gasteiger partial charge is 0.459 e. The fourth-order valence-electron chi connectivity index (χ4n) is 2.17. The summed E-state index contributed by atoms with van der Waals surface area (Å²) in [7, 11) is 0. The Hall–Kier alpha value is -1.58. The number of anilines is 1. The van der Waals surface area contributed by atoms with Crippen molar-refractivity contribution in [2.45, 2.75) is 38.7 Å². The highest BCUT2D eigenvalue weighted by atomic mass is 19.1. The molecular weight excluding hydrogens is 221 g/mol. The van der Waals surface area contributed by atoms with Crippen molar-refractivity contribution in [2.75, 3.05) is 5.73 Å². The summed E-state index contributed by atoms with van der Waals surface area (Å²) in [6, 6.07) is 2.83. The number of nitrogens with two attached hydrogens (primary N) is 1. The van der Waals surface area contributed by atoms with E-state index in [1.807, 2.05) is 0 Å². The summed E-state index contributed by atoms with van der Waals surface area (Å²) in [5, 5.41) is 0. The molecule has 2 rings (SSSR count). The second-order valence-electron chi connectivity index (χ2n) is 4.51. The topological polar surface area (TPSA) is 52.3 Å². The lowest BCUT2D eigenvalue weighted by Gasteiger charge is -2.12. The third-order valence-electron chi connectivity index (χ3n) is 3.07. The summed E-state index contributed by atoms with van der Waals surface area (Å²) < 4.78 is 19.0. The molecule has 1 fully saturated rings. The Morgan fingerprint density at radius 3 is 2.71 bits per heavy atom. The van der Waals surface area contributed by atoms with Crippen LogP contribution in [-0.2, 0) is 4.74 Å². The molecule has 0 saturated heterocycles. The summed E-state index contributed by atoms with van der Waals surface area (Å²) in [6.07, 6.45) is 3.81. The van der Waals surface area contributed by atoms with Crippen LogP contribution >= 0.6 is 0 Å². The van der Waals surface area contributed by atoms with Gasteiger partial charge in [0.1, 0.15) is 11.9 Å². The Morgan fingerprint density at radius 2 is 2.06 bits per heavy atom. The van der Waals surface area contributed by atoms with Crippen molar-refractivity contribution < 1.29 is 13.9 Å². The predicted molar refractivity (Wildman–Crippen MR) is 63.2 cm³/mol. The molecule has 0 atom stereocenters. The lowest BCUT2D eigenvalue weighted by atomic mass is 10.1. The number of carbonyl (C=O) groups is 1. The molecule has 3 nitrogen and oxygen atoms in total. The lowest BCUT2D eigenvalue weighted by molar-refractivity contribution is 0.0312. The molecule has 0 aromatic heterocycles. The van der Waals surface area contributed by atoms with Gasteiger partial charge in [0.15, 0.2) is 0 Å². The predicted octanol–water partition coefficient (Wildman–Crippen LogP) is 2.82. The van der Waals surface area contributed by atoms with Gasteiger partial charge in [-0.3, -0.25) is 0 Å². The third-order valence-corrected chi connectivity index (χ3v) is 3.07. The molecule has 0 spiro atoms. The van der Waals surface area contributed by atoms with Crippen LogP contribution in [-0.4, -0.2) is 12.1 Å². The first-order valence-corrected chi connectivity index (χ1v) is 5.84. The molecule has 0 bridgehead atoms. The molecule has 0 radical (unpaired) electrons. The number of hydrogen-bond acceptors (Lipinski definition) is 3. The first-order valence-electron chi connectivity index (χ1n) is 5.84. The van der Waals surface area contributed by atoms with E-state index in [9.17, 15) is 9.18 Å². The van der Waals surface area contributed by atoms with Gasteiger partial charge in [-0.15, -0.1) is 0 Å². The number of esters is 1. The van der Waals surface area contributed by atoms with E-state index in [0.29, 0.717) is 11.3 Å². The van der Waals surface area contributed by atoms with Crippen molar-refractivity contribution in [3.05, 3.63) is 29.1 Å². The zero-order valence-electron chi connectivity index (χ0n) is 9.83. The average Bonchev–Trinajstić information content (AvgIpc) is 2.76. The maximum absolute atomic E-state index is 13.7. The van der Waals surface area contributed by atoms with Gasteiger partial charge in [0.05, 0.1) is 5.56 Å². The van der Waals surface area contributed by atoms with E-state index in [1.54, 1.807) is 6.92 Å². The number of nitrogen functional groups attached to an aromatic ring is 1. The summed E-state index contributed by atoms with van der Waals surface area (Å²) >= 11 is 0. The van der Waals surface area contributed by atoms with Gasteiger partial charge in [-0.2, -0.15) is 0 Å². The minimum absolute atomic E-state index is 0.0607. The van der Waals surface area contributed by atoms with Crippen molar-refractivity contribution in [1.29, 1.82) is 0 Å². The maximum Gasteiger partial charge on any atom is 0.341 e. The van der Waals surface area contributed by atoms with Crippen molar-refractivity contribution >= 4 is 11.7 Å². The first kappa shape index (κ1) is 11.9. The van der Waals surface area contributed by atoms with Crippen molar-refractivity contribution in [3.63, 3.8) is 0 Å². The van der Waals surface area contributed by atoms with E-state index >= 15 is 0 Å². The normalized spacial score (nSPS) is 16.1. The molecular formula is C13H16FNO2. The number of rotatable bonds is 2. The molecule has 92 valence electrons. The Bertz CT molecular complexity index is 439. The molecule has 0 unspecified atom stereocenters. The SMILES string of the molecule is Cc1cc(N)cc(C(=O)OC2CCCC2)c1F. The smallest absolute Gasteiger partial charge is 0.341 e. The maximum atomic E-state index is 13.7. The second kappa shape index (κ2) is 4.73. The number of halogens is 1. The molecule has 4 heteroatoms. The Morgan fingerprint density at radius 1 is 1.41 bits per heavy atom. The summed E-state index contributed by atoms with van der Waals surface area (Å²) in [5.41, 5.74) is 6.28. The molecule has 0 heterocycles. The zero-order chi connectivity index (χ0) is 12.4. The van der Waals surface area contributed by atoms with Crippen molar-refractivity contribution in [2.24, 2.45) is 0 Å². The van der Waals surface area contributed by atoms with E-state index in [-0.39, 0.29) is 11.7 Å². The summed E-state index contributed by atoms with van der Waals surface area (Å²) in [4.78, 5) is 11.8. The molecule has 1 aliphatic carbocycles. The van der Waals surface area contributed by atoms with Crippen molar-refractivity contribution in [1.82, 2.24) is 0 Å². The molecule has 1 saturated carbocycles. The summed E-state index contributed by atoms with van der Waals surface area (Å²) in [6.45, 7) is 1.58. The van der Waals surface area contributed by atoms with Gasteiger partial charge in [0.2, 0.25) is 0 Å². The highest BCUT2D eigenvalue weighted by Crippen LogP contribution is 2.24. The van der Waals surface area contributed by atoms with Gasteiger partial charge in [-0.05, 0) is 50.3 Å². The number of hydrogen-bond donors (Lipinski definition) is 1. The minimum Gasteiger partial charge on any atom is -0.459 e. The summed E-state index contributed by atoms with van der Waals surface area (Å²) in [5.74, 6) is -1.15. The van der Waals surface area contributed by atoms with E-state index in [1.165, 1.54) is 12.1 Å². The Labute approximate surface area is 99.8 Å². The highest BCUT2D eigenvalue weighted by molar-refractivity contribution is 5.91. The van der Waals surface area contributed by atoms with E-state index in [4.69, 9.17) is 10.5 Å². The van der Waals surface area contributed by atoms with Crippen LogP contribution in [0.15, 0.2) is 12.1 Å². The van der Waals surface area contributed by atoms with Crippen LogP contribution in [0.5, 0.6) is 0 Å². The van der Waals surface area contributed by atoms with Crippen LogP contribution in [0.3, 0.4) is 0 Å². The fourth-order valence-corrected chi connectivity index (χ4v) is 2.17. The van der Waals surface area contributed by atoms with Crippen LogP contribution in [0.25, 0.3) is 0 Å². The standard InChI is InChI=1S/C13H16FNO2/c1-8-6-9(15)7-11(12(8)14)13(16)17-10-4-2-3-5-10/h6-7,10H,2-5,15H2,1H3. The molecule has 0 aliphatic heterocycles. The van der Waals surface area contributed by atoms with Crippen LogP contribution in [0.1, 0.15) is 41.6 Å². The molecule has 0 amide bonds. The number of aryl methyl sites for hydroxylation is 1. The monoisotopic (exact) mass is 237 g/mol. The first-order chi connectivity index (χ1) is 8.08. The van der Waals surface area contributed by atoms with Crippen LogP contribution in [0.2, 0.25) is 0 Å². The van der Waals surface area contributed by atoms with Crippen LogP contribution in [0, 0.1) is 12.7 Å². The molecule has 2 N–H and O–H groups in total. The van der Waals surface area contributed by atoms with Gasteiger partial charge in [0, 0.05) is 5.69 Å². The van der Waals surface area contributed by atoms with Gasteiger partial charge >= 0.3 is 5.97 Å². The van der Waals surface area contributed by atoms with Gasteiger partial charge < -0.3 is 10.5 Å². The highest BCUT2D eigenvalue weighted by Gasteiger charge is 2.22. The molecule has 1 aliphatic rings. The van der Waals surface area contributed by atoms with Crippen molar-refractivity contribution in [3.8, 4) is 0 Å². The van der Waals surface area contributed by atoms with Crippen LogP contribution < -0.4 is 5.73 Å². The fraction of sp³-hybridized carbons (Fsp3) is 0.462. The number of ether oxygens (including phenoxy) is 1. The zero-order valence-corrected chi connectivity index (χ0v) is 9.83. The number of carbonyl (C=O) groups excluding carboxylic acids is 1. The van der Waals surface area contributed by atoms with E-state index < -0.39 is 11.8 Å². The quantitative estimate of drug-likeness (QED) is 0.635. The third kappa shape index (κ3) is 2.57.